The molecule has 2 saturated carbocycles. The van der Waals surface area contributed by atoms with Crippen molar-refractivity contribution >= 4 is 16.8 Å². The van der Waals surface area contributed by atoms with Crippen LogP contribution in [0.5, 0.6) is 17.2 Å². The average Bonchev–Trinajstić information content (AvgIpc) is 3.51. The largest absolute Gasteiger partial charge is 0.493 e. The van der Waals surface area contributed by atoms with Crippen molar-refractivity contribution < 1.29 is 19.0 Å². The molecule has 1 heterocycles. The van der Waals surface area contributed by atoms with E-state index in [2.05, 4.69) is 12.2 Å². The van der Waals surface area contributed by atoms with Crippen molar-refractivity contribution in [2.75, 3.05) is 21.3 Å². The molecule has 0 saturated heterocycles. The Morgan fingerprint density at radius 1 is 1.00 bits per heavy atom. The topological polar surface area (TPSA) is 69.7 Å². The number of aromatic nitrogens is 1. The number of nitrogens with zero attached hydrogens (tertiary/aromatic N) is 1. The predicted octanol–water partition coefficient (Wildman–Crippen LogP) is 5.48. The number of fused-ring (bicyclic) bond motifs is 3. The molecule has 1 amide bonds. The van der Waals surface area contributed by atoms with Crippen LogP contribution in [0.1, 0.15) is 43.0 Å². The number of carbonyl (C=O) groups is 1. The van der Waals surface area contributed by atoms with Gasteiger partial charge in [-0.2, -0.15) is 0 Å². The molecular weight excluding hydrogens is 428 g/mol. The summed E-state index contributed by atoms with van der Waals surface area (Å²) in [5, 5.41) is 4.16. The number of methoxy groups -OCH3 is 3. The van der Waals surface area contributed by atoms with Crippen molar-refractivity contribution in [3.63, 3.8) is 0 Å². The molecule has 0 spiro atoms. The van der Waals surface area contributed by atoms with Gasteiger partial charge in [0.15, 0.2) is 11.5 Å². The van der Waals surface area contributed by atoms with Gasteiger partial charge in [0, 0.05) is 17.0 Å². The van der Waals surface area contributed by atoms with E-state index in [1.54, 1.807) is 21.3 Å². The Bertz CT molecular complexity index is 1200. The number of benzene rings is 2. The highest BCUT2D eigenvalue weighted by molar-refractivity contribution is 6.07. The van der Waals surface area contributed by atoms with E-state index in [0.717, 1.165) is 28.3 Å². The van der Waals surface area contributed by atoms with Gasteiger partial charge in [0.25, 0.3) is 5.91 Å². The number of rotatable bonds is 7. The minimum absolute atomic E-state index is 0.0532. The second kappa shape index (κ2) is 9.16. The summed E-state index contributed by atoms with van der Waals surface area (Å²) in [6, 6.07) is 13.5. The Kier molecular flexibility index (Phi) is 6.07. The van der Waals surface area contributed by atoms with E-state index in [0.29, 0.717) is 34.4 Å². The first-order valence-corrected chi connectivity index (χ1v) is 12.0. The van der Waals surface area contributed by atoms with Gasteiger partial charge in [0.2, 0.25) is 5.75 Å². The lowest BCUT2D eigenvalue weighted by Gasteiger charge is -2.28. The standard InChI is InChI=1S/C28H32N2O4/c1-16(21-12-17-9-10-18(21)11-17)29-28(31)22-15-24(30-23-8-6-5-7-20(22)23)19-13-25(32-2)27(34-4)26(14-19)33-3/h5-8,13-18,21H,9-12H2,1-4H3,(H,29,31)/t16-,17+,18+,21+/m0/s1. The van der Waals surface area contributed by atoms with Crippen LogP contribution in [0.4, 0.5) is 0 Å². The van der Waals surface area contributed by atoms with Gasteiger partial charge < -0.3 is 19.5 Å². The smallest absolute Gasteiger partial charge is 0.252 e. The van der Waals surface area contributed by atoms with Crippen LogP contribution in [-0.2, 0) is 0 Å². The third-order valence-electron chi connectivity index (χ3n) is 7.72. The maximum Gasteiger partial charge on any atom is 0.252 e. The first-order chi connectivity index (χ1) is 16.5. The molecule has 0 unspecified atom stereocenters. The summed E-state index contributed by atoms with van der Waals surface area (Å²) in [5.74, 6) is 3.73. The molecule has 3 aromatic rings. The van der Waals surface area contributed by atoms with Crippen LogP contribution in [0.25, 0.3) is 22.2 Å². The Morgan fingerprint density at radius 3 is 2.35 bits per heavy atom. The first kappa shape index (κ1) is 22.5. The van der Waals surface area contributed by atoms with E-state index in [9.17, 15) is 4.79 Å². The molecule has 6 nitrogen and oxygen atoms in total. The molecule has 34 heavy (non-hydrogen) atoms. The van der Waals surface area contributed by atoms with Crippen LogP contribution in [0.15, 0.2) is 42.5 Å². The highest BCUT2D eigenvalue weighted by atomic mass is 16.5. The van der Waals surface area contributed by atoms with Crippen LogP contribution in [0.3, 0.4) is 0 Å². The Hall–Kier alpha value is -3.28. The van der Waals surface area contributed by atoms with Crippen LogP contribution in [0.2, 0.25) is 0 Å². The summed E-state index contributed by atoms with van der Waals surface area (Å²) in [5.41, 5.74) is 2.86. The first-order valence-electron chi connectivity index (χ1n) is 12.0. The van der Waals surface area contributed by atoms with E-state index in [-0.39, 0.29) is 11.9 Å². The second-order valence-electron chi connectivity index (χ2n) is 9.59. The number of hydrogen-bond donors (Lipinski definition) is 1. The van der Waals surface area contributed by atoms with Crippen molar-refractivity contribution in [1.29, 1.82) is 0 Å². The van der Waals surface area contributed by atoms with Crippen molar-refractivity contribution in [1.82, 2.24) is 10.3 Å². The predicted molar refractivity (Wildman–Crippen MR) is 133 cm³/mol. The lowest BCUT2D eigenvalue weighted by Crippen LogP contribution is -2.40. The van der Waals surface area contributed by atoms with E-state index in [1.165, 1.54) is 25.7 Å². The molecule has 1 N–H and O–H groups in total. The maximum atomic E-state index is 13.6. The molecule has 6 heteroatoms. The third kappa shape index (κ3) is 3.95. The van der Waals surface area contributed by atoms with Gasteiger partial charge in [-0.15, -0.1) is 0 Å². The lowest BCUT2D eigenvalue weighted by molar-refractivity contribution is 0.0917. The molecule has 5 rings (SSSR count). The minimum atomic E-state index is -0.0532. The normalized spacial score (nSPS) is 21.9. The van der Waals surface area contributed by atoms with E-state index < -0.39 is 0 Å². The number of ether oxygens (including phenoxy) is 3. The van der Waals surface area contributed by atoms with Crippen LogP contribution in [0, 0.1) is 17.8 Å². The lowest BCUT2D eigenvalue weighted by atomic mass is 9.84. The molecule has 0 radical (unpaired) electrons. The molecule has 0 aliphatic heterocycles. The fourth-order valence-corrected chi connectivity index (χ4v) is 6.04. The van der Waals surface area contributed by atoms with Gasteiger partial charge in [0.05, 0.1) is 38.1 Å². The summed E-state index contributed by atoms with van der Waals surface area (Å²) in [6.07, 6.45) is 5.22. The highest BCUT2D eigenvalue weighted by Gasteiger charge is 2.42. The highest BCUT2D eigenvalue weighted by Crippen LogP contribution is 2.49. The maximum absolute atomic E-state index is 13.6. The summed E-state index contributed by atoms with van der Waals surface area (Å²) in [7, 11) is 4.75. The third-order valence-corrected chi connectivity index (χ3v) is 7.72. The van der Waals surface area contributed by atoms with Gasteiger partial charge in [-0.05, 0) is 68.2 Å². The van der Waals surface area contributed by atoms with Gasteiger partial charge in [-0.1, -0.05) is 24.6 Å². The number of hydrogen-bond acceptors (Lipinski definition) is 5. The Labute approximate surface area is 200 Å². The Morgan fingerprint density at radius 2 is 1.74 bits per heavy atom. The SMILES string of the molecule is COc1cc(-c2cc(C(=O)N[C@@H](C)[C@H]3C[C@@H]4CC[C@@H]3C4)c3ccccc3n2)cc(OC)c1OC. The summed E-state index contributed by atoms with van der Waals surface area (Å²) in [4.78, 5) is 18.4. The van der Waals surface area contributed by atoms with Crippen molar-refractivity contribution in [2.24, 2.45) is 17.8 Å². The van der Waals surface area contributed by atoms with E-state index >= 15 is 0 Å². The molecule has 2 bridgehead atoms. The van der Waals surface area contributed by atoms with Crippen molar-refractivity contribution in [2.45, 2.75) is 38.6 Å². The van der Waals surface area contributed by atoms with E-state index in [1.807, 2.05) is 42.5 Å². The van der Waals surface area contributed by atoms with Gasteiger partial charge >= 0.3 is 0 Å². The molecule has 178 valence electrons. The van der Waals surface area contributed by atoms with Gasteiger partial charge in [0.1, 0.15) is 0 Å². The molecule has 2 aliphatic carbocycles. The molecule has 2 aliphatic rings. The summed E-state index contributed by atoms with van der Waals surface area (Å²) >= 11 is 0. The minimum Gasteiger partial charge on any atom is -0.493 e. The van der Waals surface area contributed by atoms with Crippen LogP contribution >= 0.6 is 0 Å². The zero-order valence-electron chi connectivity index (χ0n) is 20.3. The molecule has 2 aromatic carbocycles. The van der Waals surface area contributed by atoms with Crippen LogP contribution in [-0.4, -0.2) is 38.3 Å². The van der Waals surface area contributed by atoms with Crippen molar-refractivity contribution in [3.8, 4) is 28.5 Å². The second-order valence-corrected chi connectivity index (χ2v) is 9.59. The van der Waals surface area contributed by atoms with Gasteiger partial charge in [-0.3, -0.25) is 4.79 Å². The fraction of sp³-hybridized carbons (Fsp3) is 0.429. The Balaban J connectivity index is 1.53. The molecule has 4 atom stereocenters. The number of carbonyl (C=O) groups excluding carboxylic acids is 1. The fourth-order valence-electron chi connectivity index (χ4n) is 6.04. The summed E-state index contributed by atoms with van der Waals surface area (Å²) in [6.45, 7) is 2.16. The van der Waals surface area contributed by atoms with E-state index in [4.69, 9.17) is 19.2 Å². The summed E-state index contributed by atoms with van der Waals surface area (Å²) < 4.78 is 16.5. The molecular formula is C28H32N2O4. The monoisotopic (exact) mass is 460 g/mol. The van der Waals surface area contributed by atoms with Crippen molar-refractivity contribution in [3.05, 3.63) is 48.0 Å². The molecule has 2 fully saturated rings. The quantitative estimate of drug-likeness (QED) is 0.505. The number of para-hydroxylation sites is 1. The zero-order chi connectivity index (χ0) is 23.8. The zero-order valence-corrected chi connectivity index (χ0v) is 20.3. The number of nitrogens with one attached hydrogen (secondary N) is 1. The van der Waals surface area contributed by atoms with Crippen LogP contribution < -0.4 is 19.5 Å². The average molecular weight is 461 g/mol. The number of pyridine rings is 1. The van der Waals surface area contributed by atoms with Gasteiger partial charge in [-0.25, -0.2) is 4.98 Å². The molecule has 1 aromatic heterocycles. The number of amides is 1.